The van der Waals surface area contributed by atoms with Gasteiger partial charge < -0.3 is 5.32 Å². The third-order valence-electron chi connectivity index (χ3n) is 3.34. The lowest BCUT2D eigenvalue weighted by Crippen LogP contribution is -2.44. The van der Waals surface area contributed by atoms with Gasteiger partial charge in [0, 0.05) is 23.9 Å². The van der Waals surface area contributed by atoms with Gasteiger partial charge in [-0.1, -0.05) is 28.1 Å². The van der Waals surface area contributed by atoms with E-state index in [1.54, 1.807) is 0 Å². The number of imide groups is 1. The zero-order chi connectivity index (χ0) is 15.2. The number of rotatable bonds is 5. The Morgan fingerprint density at radius 3 is 2.67 bits per heavy atom. The fourth-order valence-electron chi connectivity index (χ4n) is 2.30. The van der Waals surface area contributed by atoms with Crippen molar-refractivity contribution in [1.82, 2.24) is 10.6 Å². The number of benzene rings is 1. The van der Waals surface area contributed by atoms with Crippen molar-refractivity contribution in [2.45, 2.75) is 25.7 Å². The Morgan fingerprint density at radius 1 is 1.29 bits per heavy atom. The van der Waals surface area contributed by atoms with Crippen LogP contribution in [-0.4, -0.2) is 24.3 Å². The van der Waals surface area contributed by atoms with Crippen LogP contribution in [0, 0.1) is 5.92 Å². The molecule has 1 aliphatic heterocycles. The summed E-state index contributed by atoms with van der Waals surface area (Å²) in [5.74, 6) is -1.49. The van der Waals surface area contributed by atoms with E-state index in [1.165, 1.54) is 5.56 Å². The molecule has 1 aromatic carbocycles. The molecule has 1 aliphatic rings. The summed E-state index contributed by atoms with van der Waals surface area (Å²) in [7, 11) is 0. The maximum Gasteiger partial charge on any atom is 0.227 e. The van der Waals surface area contributed by atoms with Crippen LogP contribution in [0.4, 0.5) is 0 Å². The van der Waals surface area contributed by atoms with Crippen LogP contribution in [0.2, 0.25) is 0 Å². The van der Waals surface area contributed by atoms with E-state index < -0.39 is 5.92 Å². The Balaban J connectivity index is 1.72. The highest BCUT2D eigenvalue weighted by Crippen LogP contribution is 2.14. The minimum atomic E-state index is -0.530. The van der Waals surface area contributed by atoms with E-state index >= 15 is 0 Å². The van der Waals surface area contributed by atoms with Gasteiger partial charge in [0.25, 0.3) is 0 Å². The van der Waals surface area contributed by atoms with E-state index in [0.717, 1.165) is 17.3 Å². The van der Waals surface area contributed by atoms with Crippen molar-refractivity contribution in [2.75, 3.05) is 6.54 Å². The van der Waals surface area contributed by atoms with Gasteiger partial charge >= 0.3 is 0 Å². The lowest BCUT2D eigenvalue weighted by Gasteiger charge is -2.20. The second-order valence-electron chi connectivity index (χ2n) is 5.10. The van der Waals surface area contributed by atoms with Crippen LogP contribution in [0.15, 0.2) is 28.7 Å². The number of hydrogen-bond acceptors (Lipinski definition) is 3. The molecule has 0 radical (unpaired) electrons. The van der Waals surface area contributed by atoms with Crippen LogP contribution >= 0.6 is 15.9 Å². The molecule has 1 fully saturated rings. The predicted octanol–water partition coefficient (Wildman–Crippen LogP) is 1.55. The lowest BCUT2D eigenvalue weighted by molar-refractivity contribution is -0.140. The highest BCUT2D eigenvalue weighted by Gasteiger charge is 2.29. The smallest absolute Gasteiger partial charge is 0.227 e. The van der Waals surface area contributed by atoms with E-state index in [1.807, 2.05) is 24.3 Å². The number of halogens is 1. The van der Waals surface area contributed by atoms with Crippen molar-refractivity contribution in [3.63, 3.8) is 0 Å². The molecule has 0 saturated carbocycles. The van der Waals surface area contributed by atoms with E-state index in [9.17, 15) is 14.4 Å². The molecule has 1 aromatic rings. The molecule has 6 heteroatoms. The quantitative estimate of drug-likeness (QED) is 0.623. The number of carbonyl (C=O) groups is 3. The number of carbonyl (C=O) groups excluding carboxylic acids is 3. The predicted molar refractivity (Wildman–Crippen MR) is 81.3 cm³/mol. The summed E-state index contributed by atoms with van der Waals surface area (Å²) in [5, 5.41) is 4.99. The Hall–Kier alpha value is -1.69. The van der Waals surface area contributed by atoms with Gasteiger partial charge in [0.1, 0.15) is 0 Å². The largest absolute Gasteiger partial charge is 0.356 e. The van der Waals surface area contributed by atoms with Crippen molar-refractivity contribution < 1.29 is 14.4 Å². The molecule has 0 spiro atoms. The SMILES string of the molecule is O=C1CC(C(=O)NCCCc2cccc(Br)c2)CC(=O)N1. The van der Waals surface area contributed by atoms with Crippen LogP contribution in [0.1, 0.15) is 24.8 Å². The molecule has 21 heavy (non-hydrogen) atoms. The van der Waals surface area contributed by atoms with E-state index in [0.29, 0.717) is 6.54 Å². The Kier molecular flexibility index (Phi) is 5.50. The van der Waals surface area contributed by atoms with Gasteiger partial charge in [-0.3, -0.25) is 19.7 Å². The zero-order valence-corrected chi connectivity index (χ0v) is 13.1. The van der Waals surface area contributed by atoms with E-state index in [4.69, 9.17) is 0 Å². The Morgan fingerprint density at radius 2 is 2.00 bits per heavy atom. The van der Waals surface area contributed by atoms with Gasteiger partial charge in [-0.2, -0.15) is 0 Å². The summed E-state index contributed by atoms with van der Waals surface area (Å²) in [4.78, 5) is 34.3. The first-order valence-corrected chi connectivity index (χ1v) is 7.69. The topological polar surface area (TPSA) is 75.3 Å². The number of piperidine rings is 1. The second-order valence-corrected chi connectivity index (χ2v) is 6.02. The summed E-state index contributed by atoms with van der Waals surface area (Å²) in [6, 6.07) is 8.03. The number of amides is 3. The third-order valence-corrected chi connectivity index (χ3v) is 3.84. The first-order valence-electron chi connectivity index (χ1n) is 6.89. The molecule has 112 valence electrons. The fraction of sp³-hybridized carbons (Fsp3) is 0.400. The van der Waals surface area contributed by atoms with Crippen LogP contribution in [0.5, 0.6) is 0 Å². The minimum absolute atomic E-state index is 0.0865. The molecule has 3 amide bonds. The standard InChI is InChI=1S/C15H17BrN2O3/c16-12-5-1-3-10(7-12)4-2-6-17-15(21)11-8-13(19)18-14(20)9-11/h1,3,5,7,11H,2,4,6,8-9H2,(H,17,21)(H,18,19,20). The van der Waals surface area contributed by atoms with Crippen LogP contribution in [-0.2, 0) is 20.8 Å². The van der Waals surface area contributed by atoms with Crippen molar-refractivity contribution in [3.8, 4) is 0 Å². The molecule has 0 atom stereocenters. The molecule has 2 N–H and O–H groups in total. The molecule has 0 bridgehead atoms. The monoisotopic (exact) mass is 352 g/mol. The third kappa shape index (κ3) is 4.97. The average Bonchev–Trinajstić information content (AvgIpc) is 2.42. The molecule has 2 rings (SSSR count). The maximum atomic E-state index is 11.9. The molecule has 0 unspecified atom stereocenters. The van der Waals surface area contributed by atoms with Crippen LogP contribution in [0.25, 0.3) is 0 Å². The summed E-state index contributed by atoms with van der Waals surface area (Å²) in [6.45, 7) is 0.539. The molecular weight excluding hydrogens is 336 g/mol. The van der Waals surface area contributed by atoms with Crippen molar-refractivity contribution in [1.29, 1.82) is 0 Å². The van der Waals surface area contributed by atoms with Gasteiger partial charge in [0.05, 0.1) is 5.92 Å². The zero-order valence-electron chi connectivity index (χ0n) is 11.5. The summed E-state index contributed by atoms with van der Waals surface area (Å²) < 4.78 is 1.04. The molecule has 0 aromatic heterocycles. The van der Waals surface area contributed by atoms with Gasteiger partial charge in [0.2, 0.25) is 17.7 Å². The Labute approximate surface area is 131 Å². The molecule has 1 heterocycles. The number of hydrogen-bond donors (Lipinski definition) is 2. The average molecular weight is 353 g/mol. The van der Waals surface area contributed by atoms with E-state index in [2.05, 4.69) is 26.6 Å². The highest BCUT2D eigenvalue weighted by molar-refractivity contribution is 9.10. The lowest BCUT2D eigenvalue weighted by atomic mass is 9.96. The molecule has 0 aliphatic carbocycles. The van der Waals surface area contributed by atoms with Gasteiger partial charge in [0.15, 0.2) is 0 Å². The van der Waals surface area contributed by atoms with Crippen LogP contribution in [0.3, 0.4) is 0 Å². The first kappa shape index (κ1) is 15.7. The van der Waals surface area contributed by atoms with Gasteiger partial charge in [-0.15, -0.1) is 0 Å². The summed E-state index contributed by atoms with van der Waals surface area (Å²) in [6.07, 6.45) is 1.85. The number of aryl methyl sites for hydroxylation is 1. The molecule has 1 saturated heterocycles. The van der Waals surface area contributed by atoms with Crippen molar-refractivity contribution in [3.05, 3.63) is 34.3 Å². The Bertz CT molecular complexity index is 544. The first-order chi connectivity index (χ1) is 10.0. The summed E-state index contributed by atoms with van der Waals surface area (Å²) >= 11 is 3.42. The fourth-order valence-corrected chi connectivity index (χ4v) is 2.75. The van der Waals surface area contributed by atoms with Gasteiger partial charge in [-0.05, 0) is 30.5 Å². The highest BCUT2D eigenvalue weighted by atomic mass is 79.9. The van der Waals surface area contributed by atoms with Crippen LogP contribution < -0.4 is 10.6 Å². The maximum absolute atomic E-state index is 11.9. The van der Waals surface area contributed by atoms with Gasteiger partial charge in [-0.25, -0.2) is 0 Å². The molecule has 5 nitrogen and oxygen atoms in total. The van der Waals surface area contributed by atoms with Crippen molar-refractivity contribution >= 4 is 33.7 Å². The number of nitrogens with one attached hydrogen (secondary N) is 2. The van der Waals surface area contributed by atoms with Crippen molar-refractivity contribution in [2.24, 2.45) is 5.92 Å². The summed E-state index contributed by atoms with van der Waals surface area (Å²) in [5.41, 5.74) is 1.20. The molecular formula is C15H17BrN2O3. The minimum Gasteiger partial charge on any atom is -0.356 e. The second kappa shape index (κ2) is 7.36. The van der Waals surface area contributed by atoms with E-state index in [-0.39, 0.29) is 30.6 Å². The normalized spacial score (nSPS) is 15.7.